The lowest BCUT2D eigenvalue weighted by Crippen LogP contribution is -2.30. The zero-order valence-electron chi connectivity index (χ0n) is 22.5. The lowest BCUT2D eigenvalue weighted by molar-refractivity contribution is -0.138. The van der Waals surface area contributed by atoms with Crippen LogP contribution in [0.25, 0.3) is 22.2 Å². The van der Waals surface area contributed by atoms with Crippen LogP contribution in [0.5, 0.6) is 5.75 Å². The van der Waals surface area contributed by atoms with Crippen molar-refractivity contribution in [2.24, 2.45) is 0 Å². The van der Waals surface area contributed by atoms with Crippen LogP contribution in [0.4, 0.5) is 27.6 Å². The smallest absolute Gasteiger partial charge is 0.423 e. The Kier molecular flexibility index (Phi) is 6.34. The fourth-order valence-electron chi connectivity index (χ4n) is 3.91. The maximum atomic E-state index is 14.9. The van der Waals surface area contributed by atoms with Crippen molar-refractivity contribution in [2.75, 3.05) is 12.4 Å². The molecule has 0 aliphatic heterocycles. The first-order chi connectivity index (χ1) is 19.1. The van der Waals surface area contributed by atoms with Crippen LogP contribution in [0.15, 0.2) is 52.6 Å². The zero-order valence-corrected chi connectivity index (χ0v) is 19.5. The largest absolute Gasteiger partial charge is 0.494 e. The predicted octanol–water partition coefficient (Wildman–Crippen LogP) is 3.94. The molecule has 2 atom stereocenters. The number of nitrogens with one attached hydrogen (secondary N) is 2. The van der Waals surface area contributed by atoms with Crippen molar-refractivity contribution in [2.45, 2.75) is 38.3 Å². The molecule has 0 fully saturated rings. The van der Waals surface area contributed by atoms with Gasteiger partial charge in [0.25, 0.3) is 11.1 Å². The molecule has 0 saturated carbocycles. The van der Waals surface area contributed by atoms with Gasteiger partial charge < -0.3 is 14.6 Å². The van der Waals surface area contributed by atoms with Crippen LogP contribution in [0.3, 0.4) is 0 Å². The van der Waals surface area contributed by atoms with Crippen molar-refractivity contribution >= 4 is 16.5 Å². The molecular weight excluding hydrogens is 515 g/mol. The molecule has 9 nitrogen and oxygen atoms in total. The van der Waals surface area contributed by atoms with Crippen LogP contribution in [0.2, 0.25) is 0 Å². The number of alkyl halides is 4. The van der Waals surface area contributed by atoms with Crippen molar-refractivity contribution in [3.05, 3.63) is 75.1 Å². The van der Waals surface area contributed by atoms with Gasteiger partial charge in [-0.25, -0.2) is 23.8 Å². The van der Waals surface area contributed by atoms with Crippen molar-refractivity contribution in [3.8, 4) is 17.1 Å². The van der Waals surface area contributed by atoms with Crippen LogP contribution >= 0.6 is 0 Å². The lowest BCUT2D eigenvalue weighted by Gasteiger charge is -2.20. The minimum atomic E-state index is -4.97. The van der Waals surface area contributed by atoms with Gasteiger partial charge in [-0.3, -0.25) is 9.59 Å². The summed E-state index contributed by atoms with van der Waals surface area (Å²) in [6.45, 7) is 0.926. The number of halogens is 5. The summed E-state index contributed by atoms with van der Waals surface area (Å²) in [5, 5.41) is 7.71. The SMILES string of the molecule is [2H]C([2H])([2H])Oc1cnc(-c2cc3ccn(C[C@H](F)C[C@H](C)Nc4cn[nH]c(=O)c4C(F)(F)F)c(=O)c3cc2F)nc1. The number of aromatic nitrogens is 5. The van der Waals surface area contributed by atoms with Crippen LogP contribution < -0.4 is 21.2 Å². The topological polar surface area (TPSA) is 115 Å². The maximum absolute atomic E-state index is 14.9. The highest BCUT2D eigenvalue weighted by Gasteiger charge is 2.37. The minimum Gasteiger partial charge on any atom is -0.494 e. The molecule has 38 heavy (non-hydrogen) atoms. The van der Waals surface area contributed by atoms with Gasteiger partial charge in [0.15, 0.2) is 11.6 Å². The molecule has 0 saturated heterocycles. The van der Waals surface area contributed by atoms with E-state index >= 15 is 0 Å². The number of fused-ring (bicyclic) bond motifs is 1. The summed E-state index contributed by atoms with van der Waals surface area (Å²) in [6, 6.07) is 2.80. The van der Waals surface area contributed by atoms with Gasteiger partial charge in [-0.1, -0.05) is 0 Å². The number of rotatable bonds is 8. The summed E-state index contributed by atoms with van der Waals surface area (Å²) in [6.07, 6.45) is -2.83. The summed E-state index contributed by atoms with van der Waals surface area (Å²) >= 11 is 0. The molecule has 1 aromatic carbocycles. The molecule has 0 aliphatic carbocycles. The Bertz CT molecular complexity index is 1680. The first-order valence-corrected chi connectivity index (χ1v) is 11.0. The molecule has 3 aromatic heterocycles. The highest BCUT2D eigenvalue weighted by atomic mass is 19.4. The Labute approximate surface area is 215 Å². The van der Waals surface area contributed by atoms with E-state index in [4.69, 9.17) is 4.11 Å². The minimum absolute atomic E-state index is 0.0705. The average molecular weight is 539 g/mol. The van der Waals surface area contributed by atoms with Gasteiger partial charge in [0.2, 0.25) is 0 Å². The Morgan fingerprint density at radius 2 is 1.95 bits per heavy atom. The van der Waals surface area contributed by atoms with E-state index in [1.807, 2.05) is 0 Å². The monoisotopic (exact) mass is 539 g/mol. The molecule has 14 heteroatoms. The summed E-state index contributed by atoms with van der Waals surface area (Å²) < 4.78 is 96.5. The number of pyridine rings is 1. The standard InChI is InChI=1S/C24H21F5N6O3/c1-12(33-19-10-32-34-22(36)20(19)24(27,28)29)5-14(25)11-35-4-3-13-6-17(18(26)7-16(13)23(35)37)21-30-8-15(38-2)9-31-21/h3-4,6-10,12,14H,5,11H2,1-2H3,(H2,33,34,36)/t12-,14+/m0/s1/i2D3. The Morgan fingerprint density at radius 3 is 2.63 bits per heavy atom. The van der Waals surface area contributed by atoms with E-state index in [1.54, 1.807) is 5.10 Å². The molecule has 0 aliphatic rings. The Balaban J connectivity index is 1.50. The molecule has 0 unspecified atom stereocenters. The molecule has 0 amide bonds. The summed E-state index contributed by atoms with van der Waals surface area (Å²) in [5.74, 6) is -1.11. The lowest BCUT2D eigenvalue weighted by atomic mass is 10.1. The number of hydrogen-bond donors (Lipinski definition) is 2. The van der Waals surface area contributed by atoms with Gasteiger partial charge in [0, 0.05) is 18.7 Å². The van der Waals surface area contributed by atoms with Crippen molar-refractivity contribution in [3.63, 3.8) is 0 Å². The highest BCUT2D eigenvalue weighted by Crippen LogP contribution is 2.32. The summed E-state index contributed by atoms with van der Waals surface area (Å²) in [5.41, 5.74) is -4.34. The second kappa shape index (κ2) is 10.6. The van der Waals surface area contributed by atoms with Gasteiger partial charge in [0.05, 0.1) is 52.9 Å². The number of ether oxygens (including phenoxy) is 1. The van der Waals surface area contributed by atoms with Gasteiger partial charge in [-0.2, -0.15) is 18.3 Å². The molecule has 2 N–H and O–H groups in total. The van der Waals surface area contributed by atoms with E-state index in [0.29, 0.717) is 5.39 Å². The van der Waals surface area contributed by atoms with Crippen molar-refractivity contribution < 1.29 is 30.8 Å². The number of anilines is 1. The number of methoxy groups -OCH3 is 1. The van der Waals surface area contributed by atoms with Gasteiger partial charge in [-0.15, -0.1) is 0 Å². The highest BCUT2D eigenvalue weighted by molar-refractivity contribution is 5.86. The fourth-order valence-corrected chi connectivity index (χ4v) is 3.91. The summed E-state index contributed by atoms with van der Waals surface area (Å²) in [7, 11) is -2.72. The average Bonchev–Trinajstić information content (AvgIpc) is 2.84. The number of benzene rings is 1. The number of nitrogens with zero attached hydrogens (tertiary/aromatic N) is 4. The van der Waals surface area contributed by atoms with E-state index in [9.17, 15) is 31.5 Å². The van der Waals surface area contributed by atoms with Gasteiger partial charge in [-0.05, 0) is 30.5 Å². The second-order valence-corrected chi connectivity index (χ2v) is 8.40. The van der Waals surface area contributed by atoms with Crippen LogP contribution in [0, 0.1) is 5.82 Å². The number of aromatic amines is 1. The van der Waals surface area contributed by atoms with E-state index in [-0.39, 0.29) is 28.9 Å². The van der Waals surface area contributed by atoms with Crippen LogP contribution in [-0.2, 0) is 12.7 Å². The van der Waals surface area contributed by atoms with Crippen molar-refractivity contribution in [1.82, 2.24) is 24.7 Å². The van der Waals surface area contributed by atoms with E-state index in [0.717, 1.165) is 29.2 Å². The molecule has 4 aromatic rings. The van der Waals surface area contributed by atoms with E-state index in [2.05, 4.69) is 25.1 Å². The number of H-pyrrole nitrogens is 1. The van der Waals surface area contributed by atoms with Crippen LogP contribution in [-0.4, -0.2) is 44.0 Å². The molecule has 200 valence electrons. The second-order valence-electron chi connectivity index (χ2n) is 8.40. The number of hydrogen-bond acceptors (Lipinski definition) is 7. The van der Waals surface area contributed by atoms with E-state index < -0.39 is 60.2 Å². The van der Waals surface area contributed by atoms with Crippen LogP contribution in [0.1, 0.15) is 23.0 Å². The third-order valence-corrected chi connectivity index (χ3v) is 5.60. The Morgan fingerprint density at radius 1 is 1.21 bits per heavy atom. The molecular formula is C24H21F5N6O3. The maximum Gasteiger partial charge on any atom is 0.423 e. The molecule has 4 rings (SSSR count). The first kappa shape index (κ1) is 22.8. The molecule has 0 radical (unpaired) electrons. The van der Waals surface area contributed by atoms with Crippen molar-refractivity contribution in [1.29, 1.82) is 0 Å². The third kappa shape index (κ3) is 5.63. The van der Waals surface area contributed by atoms with Gasteiger partial charge in [0.1, 0.15) is 17.6 Å². The quantitative estimate of drug-likeness (QED) is 0.326. The summed E-state index contributed by atoms with van der Waals surface area (Å²) in [4.78, 5) is 32.4. The first-order valence-electron chi connectivity index (χ1n) is 12.5. The third-order valence-electron chi connectivity index (χ3n) is 5.60. The molecule has 0 bridgehead atoms. The molecule has 0 spiro atoms. The zero-order chi connectivity index (χ0) is 30.1. The Hall–Kier alpha value is -4.36. The fraction of sp³-hybridized carbons (Fsp3) is 0.292. The predicted molar refractivity (Wildman–Crippen MR) is 128 cm³/mol. The van der Waals surface area contributed by atoms with E-state index in [1.165, 1.54) is 25.3 Å². The molecule has 3 heterocycles. The normalized spacial score (nSPS) is 14.8. The van der Waals surface area contributed by atoms with Gasteiger partial charge >= 0.3 is 6.18 Å².